The Morgan fingerprint density at radius 2 is 1.83 bits per heavy atom. The highest BCUT2D eigenvalue weighted by Gasteiger charge is 2.16. The summed E-state index contributed by atoms with van der Waals surface area (Å²) in [4.78, 5) is 11.8. The molecule has 4 nitrogen and oxygen atoms in total. The first-order chi connectivity index (χ1) is 10.8. The van der Waals surface area contributed by atoms with Crippen LogP contribution in [-0.2, 0) is 11.3 Å². The third kappa shape index (κ3) is 5.94. The number of halogens is 1. The lowest BCUT2D eigenvalue weighted by Gasteiger charge is -2.20. The summed E-state index contributed by atoms with van der Waals surface area (Å²) in [6, 6.07) is 15.3. The molecule has 0 bridgehead atoms. The predicted octanol–water partition coefficient (Wildman–Crippen LogP) is 5.38. The van der Waals surface area contributed by atoms with E-state index in [-0.39, 0.29) is 0 Å². The van der Waals surface area contributed by atoms with Crippen LogP contribution in [-0.4, -0.2) is 11.7 Å². The van der Waals surface area contributed by atoms with E-state index in [4.69, 9.17) is 9.47 Å². The van der Waals surface area contributed by atoms with E-state index < -0.39 is 11.7 Å². The number of ether oxygens (including phenoxy) is 2. The number of carbonyl (C=O) groups excluding carboxylic acids is 1. The summed E-state index contributed by atoms with van der Waals surface area (Å²) in [7, 11) is 0. The van der Waals surface area contributed by atoms with Crippen molar-refractivity contribution in [3.63, 3.8) is 0 Å². The van der Waals surface area contributed by atoms with Gasteiger partial charge in [-0.3, -0.25) is 5.32 Å². The van der Waals surface area contributed by atoms with Crippen LogP contribution in [0.4, 0.5) is 10.5 Å². The first-order valence-electron chi connectivity index (χ1n) is 7.30. The van der Waals surface area contributed by atoms with Crippen molar-refractivity contribution in [3.8, 4) is 5.75 Å². The van der Waals surface area contributed by atoms with Gasteiger partial charge in [-0.25, -0.2) is 4.79 Å². The van der Waals surface area contributed by atoms with Crippen LogP contribution in [0.3, 0.4) is 0 Å². The standard InChI is InChI=1S/C18H20BrNO3/c1-18(2,3)23-17(21)20-14-9-10-15(19)16(11-14)22-12-13-7-5-4-6-8-13/h4-11H,12H2,1-3H3,(H,20,21). The highest BCUT2D eigenvalue weighted by Crippen LogP contribution is 2.29. The maximum Gasteiger partial charge on any atom is 0.412 e. The van der Waals surface area contributed by atoms with Crippen LogP contribution >= 0.6 is 15.9 Å². The second-order valence-electron chi connectivity index (χ2n) is 6.05. The Bertz CT molecular complexity index is 666. The van der Waals surface area contributed by atoms with E-state index in [0.717, 1.165) is 10.0 Å². The minimum Gasteiger partial charge on any atom is -0.488 e. The fourth-order valence-corrected chi connectivity index (χ4v) is 2.21. The molecule has 0 heterocycles. The van der Waals surface area contributed by atoms with Gasteiger partial charge in [-0.15, -0.1) is 0 Å². The molecule has 0 spiro atoms. The highest BCUT2D eigenvalue weighted by molar-refractivity contribution is 9.10. The summed E-state index contributed by atoms with van der Waals surface area (Å²) < 4.78 is 11.9. The number of carbonyl (C=O) groups is 1. The first-order valence-corrected chi connectivity index (χ1v) is 8.09. The Labute approximate surface area is 144 Å². The number of hydrogen-bond donors (Lipinski definition) is 1. The van der Waals surface area contributed by atoms with Gasteiger partial charge in [0.25, 0.3) is 0 Å². The number of benzene rings is 2. The molecule has 1 N–H and O–H groups in total. The molecule has 1 amide bonds. The molecule has 0 radical (unpaired) electrons. The van der Waals surface area contributed by atoms with Gasteiger partial charge in [0, 0.05) is 11.8 Å². The van der Waals surface area contributed by atoms with E-state index in [2.05, 4.69) is 21.2 Å². The number of amides is 1. The molecule has 0 aliphatic carbocycles. The van der Waals surface area contributed by atoms with E-state index in [0.29, 0.717) is 18.0 Å². The fourth-order valence-electron chi connectivity index (χ4n) is 1.85. The molecular formula is C18H20BrNO3. The van der Waals surface area contributed by atoms with Crippen LogP contribution in [0.5, 0.6) is 5.75 Å². The highest BCUT2D eigenvalue weighted by atomic mass is 79.9. The van der Waals surface area contributed by atoms with E-state index in [9.17, 15) is 4.79 Å². The lowest BCUT2D eigenvalue weighted by molar-refractivity contribution is 0.0636. The molecule has 23 heavy (non-hydrogen) atoms. The summed E-state index contributed by atoms with van der Waals surface area (Å²) in [6.45, 7) is 5.92. The monoisotopic (exact) mass is 377 g/mol. The van der Waals surface area contributed by atoms with Crippen LogP contribution in [0.15, 0.2) is 53.0 Å². The lowest BCUT2D eigenvalue weighted by Crippen LogP contribution is -2.27. The van der Waals surface area contributed by atoms with Gasteiger partial charge in [0.1, 0.15) is 18.0 Å². The Balaban J connectivity index is 2.02. The molecule has 0 unspecified atom stereocenters. The van der Waals surface area contributed by atoms with Crippen LogP contribution in [0, 0.1) is 0 Å². The summed E-state index contributed by atoms with van der Waals surface area (Å²) in [5.41, 5.74) is 1.15. The first kappa shape index (κ1) is 17.3. The van der Waals surface area contributed by atoms with Crippen molar-refractivity contribution in [3.05, 3.63) is 58.6 Å². The molecule has 0 atom stereocenters. The topological polar surface area (TPSA) is 47.6 Å². The molecule has 0 saturated carbocycles. The Morgan fingerprint density at radius 3 is 2.48 bits per heavy atom. The van der Waals surface area contributed by atoms with Crippen molar-refractivity contribution in [2.45, 2.75) is 33.0 Å². The third-order valence-electron chi connectivity index (χ3n) is 2.81. The van der Waals surface area contributed by atoms with Gasteiger partial charge in [0.05, 0.1) is 4.47 Å². The van der Waals surface area contributed by atoms with Crippen LogP contribution < -0.4 is 10.1 Å². The van der Waals surface area contributed by atoms with Crippen LogP contribution in [0.2, 0.25) is 0 Å². The molecule has 0 saturated heterocycles. The average Bonchev–Trinajstić information content (AvgIpc) is 2.47. The smallest absolute Gasteiger partial charge is 0.412 e. The molecule has 2 rings (SSSR count). The zero-order valence-electron chi connectivity index (χ0n) is 13.4. The van der Waals surface area contributed by atoms with Crippen molar-refractivity contribution >= 4 is 27.7 Å². The van der Waals surface area contributed by atoms with Gasteiger partial charge in [0.2, 0.25) is 0 Å². The van der Waals surface area contributed by atoms with Crippen LogP contribution in [0.25, 0.3) is 0 Å². The number of rotatable bonds is 4. The van der Waals surface area contributed by atoms with E-state index in [1.54, 1.807) is 12.1 Å². The van der Waals surface area contributed by atoms with Crippen LogP contribution in [0.1, 0.15) is 26.3 Å². The second kappa shape index (κ2) is 7.51. The van der Waals surface area contributed by atoms with Crippen molar-refractivity contribution in [2.24, 2.45) is 0 Å². The molecule has 2 aromatic carbocycles. The molecular weight excluding hydrogens is 358 g/mol. The largest absolute Gasteiger partial charge is 0.488 e. The molecule has 0 aromatic heterocycles. The van der Waals surface area contributed by atoms with Crippen molar-refractivity contribution in [1.82, 2.24) is 0 Å². The van der Waals surface area contributed by atoms with E-state index in [1.807, 2.05) is 57.2 Å². The zero-order valence-corrected chi connectivity index (χ0v) is 15.0. The molecule has 0 aliphatic heterocycles. The average molecular weight is 378 g/mol. The summed E-state index contributed by atoms with van der Waals surface area (Å²) >= 11 is 3.45. The maximum absolute atomic E-state index is 11.8. The molecule has 122 valence electrons. The minimum atomic E-state index is -0.536. The number of nitrogens with one attached hydrogen (secondary N) is 1. The summed E-state index contributed by atoms with van der Waals surface area (Å²) in [5.74, 6) is 0.655. The fraction of sp³-hybridized carbons (Fsp3) is 0.278. The van der Waals surface area contributed by atoms with Gasteiger partial charge in [-0.1, -0.05) is 30.3 Å². The van der Waals surface area contributed by atoms with Crippen molar-refractivity contribution in [1.29, 1.82) is 0 Å². The molecule has 5 heteroatoms. The van der Waals surface area contributed by atoms with Gasteiger partial charge < -0.3 is 9.47 Å². The Morgan fingerprint density at radius 1 is 1.13 bits per heavy atom. The van der Waals surface area contributed by atoms with Gasteiger partial charge >= 0.3 is 6.09 Å². The maximum atomic E-state index is 11.8. The van der Waals surface area contributed by atoms with Gasteiger partial charge in [0.15, 0.2) is 0 Å². The quantitative estimate of drug-likeness (QED) is 0.778. The number of anilines is 1. The Hall–Kier alpha value is -2.01. The molecule has 0 aliphatic rings. The minimum absolute atomic E-state index is 0.454. The van der Waals surface area contributed by atoms with Gasteiger partial charge in [-0.05, 0) is 54.4 Å². The third-order valence-corrected chi connectivity index (χ3v) is 3.47. The van der Waals surface area contributed by atoms with Crippen molar-refractivity contribution < 1.29 is 14.3 Å². The normalized spacial score (nSPS) is 11.0. The Kier molecular flexibility index (Phi) is 5.66. The predicted molar refractivity (Wildman–Crippen MR) is 94.8 cm³/mol. The van der Waals surface area contributed by atoms with E-state index >= 15 is 0 Å². The van der Waals surface area contributed by atoms with Gasteiger partial charge in [-0.2, -0.15) is 0 Å². The second-order valence-corrected chi connectivity index (χ2v) is 6.90. The lowest BCUT2D eigenvalue weighted by atomic mass is 10.2. The SMILES string of the molecule is CC(C)(C)OC(=O)Nc1ccc(Br)c(OCc2ccccc2)c1. The summed E-state index contributed by atoms with van der Waals surface area (Å²) in [6.07, 6.45) is -0.492. The summed E-state index contributed by atoms with van der Waals surface area (Å²) in [5, 5.41) is 2.70. The molecule has 2 aromatic rings. The molecule has 0 fully saturated rings. The van der Waals surface area contributed by atoms with Crippen molar-refractivity contribution in [2.75, 3.05) is 5.32 Å². The number of hydrogen-bond acceptors (Lipinski definition) is 3. The van der Waals surface area contributed by atoms with E-state index in [1.165, 1.54) is 0 Å². The zero-order chi connectivity index (χ0) is 16.9.